The van der Waals surface area contributed by atoms with Gasteiger partial charge in [0.2, 0.25) is 0 Å². The molecule has 1 aromatic heterocycles. The molecule has 0 saturated carbocycles. The highest BCUT2D eigenvalue weighted by Gasteiger charge is 2.18. The summed E-state index contributed by atoms with van der Waals surface area (Å²) in [7, 11) is -6.99. The summed E-state index contributed by atoms with van der Waals surface area (Å²) in [6.45, 7) is 3.84. The fraction of sp³-hybridized carbons (Fsp3) is 0.667. The maximum absolute atomic E-state index is 11.2. The third kappa shape index (κ3) is 4.07. The van der Waals surface area contributed by atoms with Gasteiger partial charge in [-0.05, 0) is 0 Å². The minimum Gasteiger partial charge on any atom is -0.332 e. The van der Waals surface area contributed by atoms with E-state index in [2.05, 4.69) is 4.98 Å². The highest BCUT2D eigenvalue weighted by Crippen LogP contribution is 2.16. The number of nitrogens with zero attached hydrogens (tertiary/aromatic N) is 2. The predicted molar refractivity (Wildman–Crippen MR) is 67.4 cm³/mol. The van der Waals surface area contributed by atoms with Gasteiger partial charge in [0.25, 0.3) is 10.0 Å². The van der Waals surface area contributed by atoms with Gasteiger partial charge in [-0.1, -0.05) is 13.8 Å². The number of primary sulfonamides is 1. The molecule has 104 valence electrons. The lowest BCUT2D eigenvalue weighted by atomic mass is 10.2. The molecule has 0 fully saturated rings. The number of sulfonamides is 1. The number of sulfone groups is 1. The van der Waals surface area contributed by atoms with E-state index in [1.807, 2.05) is 13.8 Å². The smallest absolute Gasteiger partial charge is 0.257 e. The van der Waals surface area contributed by atoms with Crippen molar-refractivity contribution in [3.05, 3.63) is 12.0 Å². The molecule has 7 nitrogen and oxygen atoms in total. The van der Waals surface area contributed by atoms with Crippen molar-refractivity contribution in [3.63, 3.8) is 0 Å². The number of hydrogen-bond acceptors (Lipinski definition) is 5. The molecule has 0 unspecified atom stereocenters. The zero-order valence-electron chi connectivity index (χ0n) is 10.5. The van der Waals surface area contributed by atoms with Crippen molar-refractivity contribution in [2.75, 3.05) is 12.0 Å². The number of rotatable bonds is 5. The average Bonchev–Trinajstić information content (AvgIpc) is 2.56. The third-order valence-electron chi connectivity index (χ3n) is 2.30. The van der Waals surface area contributed by atoms with Gasteiger partial charge in [-0.15, -0.1) is 0 Å². The molecule has 0 saturated heterocycles. The number of aryl methyl sites for hydroxylation is 1. The first-order valence-electron chi connectivity index (χ1n) is 5.28. The lowest BCUT2D eigenvalue weighted by molar-refractivity contribution is 0.588. The molecule has 0 spiro atoms. The van der Waals surface area contributed by atoms with E-state index in [0.717, 1.165) is 6.26 Å². The minimum atomic E-state index is -3.87. The van der Waals surface area contributed by atoms with Gasteiger partial charge in [-0.2, -0.15) is 0 Å². The molecule has 0 aromatic carbocycles. The van der Waals surface area contributed by atoms with Gasteiger partial charge in [0.05, 0.1) is 5.75 Å². The summed E-state index contributed by atoms with van der Waals surface area (Å²) in [5, 5.41) is 4.76. The maximum Gasteiger partial charge on any atom is 0.257 e. The monoisotopic (exact) mass is 295 g/mol. The molecule has 1 aromatic rings. The summed E-state index contributed by atoms with van der Waals surface area (Å²) in [6, 6.07) is 0. The fourth-order valence-corrected chi connectivity index (χ4v) is 2.47. The molecule has 9 heteroatoms. The molecule has 1 heterocycles. The van der Waals surface area contributed by atoms with Crippen LogP contribution in [0.5, 0.6) is 0 Å². The van der Waals surface area contributed by atoms with Crippen molar-refractivity contribution >= 4 is 19.9 Å². The van der Waals surface area contributed by atoms with Crippen LogP contribution in [0.2, 0.25) is 0 Å². The van der Waals surface area contributed by atoms with Crippen molar-refractivity contribution < 1.29 is 16.8 Å². The Morgan fingerprint density at radius 3 is 2.28 bits per heavy atom. The van der Waals surface area contributed by atoms with Crippen molar-refractivity contribution in [3.8, 4) is 0 Å². The third-order valence-corrected chi connectivity index (χ3v) is 4.00. The van der Waals surface area contributed by atoms with Crippen LogP contribution in [0.1, 0.15) is 25.6 Å². The summed E-state index contributed by atoms with van der Waals surface area (Å²) < 4.78 is 46.2. The van der Waals surface area contributed by atoms with Crippen molar-refractivity contribution in [2.45, 2.75) is 31.3 Å². The van der Waals surface area contributed by atoms with Crippen LogP contribution in [0.4, 0.5) is 0 Å². The first-order chi connectivity index (χ1) is 8.00. The Labute approximate surface area is 107 Å². The van der Waals surface area contributed by atoms with Crippen LogP contribution in [0.25, 0.3) is 0 Å². The summed E-state index contributed by atoms with van der Waals surface area (Å²) in [6.07, 6.45) is 2.40. The van der Waals surface area contributed by atoms with Gasteiger partial charge in [0.15, 0.2) is 5.03 Å². The van der Waals surface area contributed by atoms with Crippen LogP contribution in [-0.4, -0.2) is 38.4 Å². The minimum absolute atomic E-state index is 0.0277. The van der Waals surface area contributed by atoms with E-state index >= 15 is 0 Å². The second-order valence-electron chi connectivity index (χ2n) is 4.46. The number of imidazole rings is 1. The normalized spacial score (nSPS) is 13.2. The molecular weight excluding hydrogens is 278 g/mol. The number of nitrogens with two attached hydrogens (primary N) is 1. The van der Waals surface area contributed by atoms with Crippen molar-refractivity contribution in [1.82, 2.24) is 9.55 Å². The average molecular weight is 295 g/mol. The molecule has 0 aliphatic heterocycles. The SMILES string of the molecule is CC(C)c1nc(S(N)(=O)=O)cn1CCS(C)(=O)=O. The maximum atomic E-state index is 11.2. The van der Waals surface area contributed by atoms with E-state index in [1.165, 1.54) is 10.8 Å². The van der Waals surface area contributed by atoms with E-state index in [1.54, 1.807) is 0 Å². The van der Waals surface area contributed by atoms with Crippen LogP contribution in [0.3, 0.4) is 0 Å². The molecular formula is C9H17N3O4S2. The standard InChI is InChI=1S/C9H17N3O4S2/c1-7(2)9-11-8(18(10,15)16)6-12(9)4-5-17(3,13)14/h6-7H,4-5H2,1-3H3,(H2,10,15,16). The van der Waals surface area contributed by atoms with Crippen LogP contribution < -0.4 is 5.14 Å². The second-order valence-corrected chi connectivity index (χ2v) is 8.23. The molecule has 0 bridgehead atoms. The Hall–Kier alpha value is -0.930. The highest BCUT2D eigenvalue weighted by molar-refractivity contribution is 7.90. The summed E-state index contributed by atoms with van der Waals surface area (Å²) in [5.41, 5.74) is 0. The quantitative estimate of drug-likeness (QED) is 0.801. The molecule has 18 heavy (non-hydrogen) atoms. The Bertz CT molecular complexity index is 629. The van der Waals surface area contributed by atoms with Gasteiger partial charge in [0, 0.05) is 24.9 Å². The molecule has 2 N–H and O–H groups in total. The molecule has 0 aliphatic carbocycles. The van der Waals surface area contributed by atoms with E-state index in [-0.39, 0.29) is 23.2 Å². The van der Waals surface area contributed by atoms with Crippen LogP contribution in [0.15, 0.2) is 11.2 Å². The largest absolute Gasteiger partial charge is 0.332 e. The Balaban J connectivity index is 3.14. The first kappa shape index (κ1) is 15.1. The predicted octanol–water partition coefficient (Wildman–Crippen LogP) is -0.301. The van der Waals surface area contributed by atoms with E-state index < -0.39 is 19.9 Å². The molecule has 0 amide bonds. The lowest BCUT2D eigenvalue weighted by Crippen LogP contribution is -2.13. The Morgan fingerprint density at radius 1 is 1.33 bits per heavy atom. The highest BCUT2D eigenvalue weighted by atomic mass is 32.2. The first-order valence-corrected chi connectivity index (χ1v) is 8.89. The van der Waals surface area contributed by atoms with Crippen LogP contribution >= 0.6 is 0 Å². The van der Waals surface area contributed by atoms with Crippen LogP contribution in [0, 0.1) is 0 Å². The molecule has 1 rings (SSSR count). The number of hydrogen-bond donors (Lipinski definition) is 1. The van der Waals surface area contributed by atoms with Gasteiger partial charge >= 0.3 is 0 Å². The van der Waals surface area contributed by atoms with Gasteiger partial charge in [-0.25, -0.2) is 27.0 Å². The van der Waals surface area contributed by atoms with Crippen molar-refractivity contribution in [1.29, 1.82) is 0 Å². The summed E-state index contributed by atoms with van der Waals surface area (Å²) in [5.74, 6) is 0.399. The zero-order chi connectivity index (χ0) is 14.1. The molecule has 0 radical (unpaired) electrons. The van der Waals surface area contributed by atoms with Gasteiger partial charge in [-0.3, -0.25) is 0 Å². The lowest BCUT2D eigenvalue weighted by Gasteiger charge is -2.08. The molecule has 0 atom stereocenters. The van der Waals surface area contributed by atoms with E-state index in [9.17, 15) is 16.8 Å². The van der Waals surface area contributed by atoms with Gasteiger partial charge < -0.3 is 4.57 Å². The Kier molecular flexibility index (Phi) is 4.19. The topological polar surface area (TPSA) is 112 Å². The second kappa shape index (κ2) is 4.98. The van der Waals surface area contributed by atoms with Gasteiger partial charge in [0.1, 0.15) is 15.7 Å². The van der Waals surface area contributed by atoms with E-state index in [4.69, 9.17) is 5.14 Å². The fourth-order valence-electron chi connectivity index (χ4n) is 1.45. The van der Waals surface area contributed by atoms with Crippen molar-refractivity contribution in [2.24, 2.45) is 5.14 Å². The zero-order valence-corrected chi connectivity index (χ0v) is 12.1. The van der Waals surface area contributed by atoms with Crippen LogP contribution in [-0.2, 0) is 26.4 Å². The number of aromatic nitrogens is 2. The molecule has 0 aliphatic rings. The summed E-state index contributed by atoms with van der Waals surface area (Å²) in [4.78, 5) is 3.94. The Morgan fingerprint density at radius 2 is 1.89 bits per heavy atom. The summed E-state index contributed by atoms with van der Waals surface area (Å²) >= 11 is 0. The van der Waals surface area contributed by atoms with E-state index in [0.29, 0.717) is 5.82 Å².